The average molecular weight is 239 g/mol. The fourth-order valence-corrected chi connectivity index (χ4v) is 1.14. The van der Waals surface area contributed by atoms with Gasteiger partial charge in [-0.25, -0.2) is 9.86 Å². The fraction of sp³-hybridized carbons (Fsp3) is 0.300. The molecule has 0 spiro atoms. The zero-order valence-corrected chi connectivity index (χ0v) is 9.76. The Morgan fingerprint density at radius 2 is 2.18 bits per heavy atom. The maximum Gasteiger partial charge on any atom is 0.345 e. The molecule has 0 saturated heterocycles. The molecule has 92 valence electrons. The maximum absolute atomic E-state index is 11.5. The van der Waals surface area contributed by atoms with Gasteiger partial charge in [-0.15, -0.1) is 0 Å². The number of hydroxylamine groups is 2. The number of urea groups is 1. The Bertz CT molecular complexity index is 447. The summed E-state index contributed by atoms with van der Waals surface area (Å²) in [5.41, 5.74) is 1.03. The van der Waals surface area contributed by atoms with Crippen molar-refractivity contribution in [3.8, 4) is 0 Å². The summed E-state index contributed by atoms with van der Waals surface area (Å²) in [4.78, 5) is 26.3. The van der Waals surface area contributed by atoms with Crippen LogP contribution in [0.4, 0.5) is 16.2 Å². The van der Waals surface area contributed by atoms with E-state index in [9.17, 15) is 14.9 Å². The molecule has 0 heterocycles. The molecular weight excluding hydrogens is 226 g/mol. The minimum Gasteiger partial charge on any atom is -0.306 e. The first-order chi connectivity index (χ1) is 7.95. The van der Waals surface area contributed by atoms with Crippen LogP contribution in [-0.2, 0) is 4.84 Å². The highest BCUT2D eigenvalue weighted by Crippen LogP contribution is 2.21. The SMILES string of the molecule is CON(C)C(=O)Nc1cc([N+](=O)[O-])ccc1C. The summed E-state index contributed by atoms with van der Waals surface area (Å²) >= 11 is 0. The van der Waals surface area contributed by atoms with Gasteiger partial charge in [0, 0.05) is 19.2 Å². The van der Waals surface area contributed by atoms with E-state index >= 15 is 0 Å². The van der Waals surface area contributed by atoms with Gasteiger partial charge in [-0.05, 0) is 12.5 Å². The van der Waals surface area contributed by atoms with Crippen molar-refractivity contribution in [1.29, 1.82) is 0 Å². The lowest BCUT2D eigenvalue weighted by Crippen LogP contribution is -2.30. The molecule has 0 aromatic heterocycles. The maximum atomic E-state index is 11.5. The number of hydrogen-bond acceptors (Lipinski definition) is 4. The number of carbonyl (C=O) groups excluding carboxylic acids is 1. The van der Waals surface area contributed by atoms with Gasteiger partial charge in [0.15, 0.2) is 0 Å². The molecule has 0 aliphatic rings. The number of non-ortho nitro benzene ring substituents is 1. The van der Waals surface area contributed by atoms with E-state index in [-0.39, 0.29) is 5.69 Å². The molecule has 1 N–H and O–H groups in total. The molecule has 1 rings (SSSR count). The molecule has 1 aromatic carbocycles. The highest BCUT2D eigenvalue weighted by molar-refractivity contribution is 5.89. The van der Waals surface area contributed by atoms with Crippen LogP contribution < -0.4 is 5.32 Å². The van der Waals surface area contributed by atoms with E-state index in [0.29, 0.717) is 5.69 Å². The minimum absolute atomic E-state index is 0.0778. The first kappa shape index (κ1) is 12.9. The van der Waals surface area contributed by atoms with E-state index in [1.54, 1.807) is 13.0 Å². The molecule has 0 atom stereocenters. The number of nitro benzene ring substituents is 1. The van der Waals surface area contributed by atoms with Crippen molar-refractivity contribution < 1.29 is 14.6 Å². The smallest absolute Gasteiger partial charge is 0.306 e. The summed E-state index contributed by atoms with van der Waals surface area (Å²) in [5.74, 6) is 0. The van der Waals surface area contributed by atoms with Gasteiger partial charge in [-0.3, -0.25) is 15.0 Å². The Morgan fingerprint density at radius 1 is 1.53 bits per heavy atom. The number of nitro groups is 1. The largest absolute Gasteiger partial charge is 0.345 e. The van der Waals surface area contributed by atoms with E-state index in [0.717, 1.165) is 10.6 Å². The summed E-state index contributed by atoms with van der Waals surface area (Å²) < 4.78 is 0. The minimum atomic E-state index is -0.519. The first-order valence-corrected chi connectivity index (χ1v) is 4.79. The van der Waals surface area contributed by atoms with Gasteiger partial charge in [0.1, 0.15) is 0 Å². The predicted molar refractivity (Wildman–Crippen MR) is 61.6 cm³/mol. The Labute approximate surface area is 98.1 Å². The van der Waals surface area contributed by atoms with E-state index < -0.39 is 11.0 Å². The number of anilines is 1. The molecule has 0 aliphatic carbocycles. The lowest BCUT2D eigenvalue weighted by molar-refractivity contribution is -0.384. The summed E-state index contributed by atoms with van der Waals surface area (Å²) in [6.45, 7) is 1.74. The molecule has 0 unspecified atom stereocenters. The molecule has 0 saturated carbocycles. The lowest BCUT2D eigenvalue weighted by Gasteiger charge is -2.15. The van der Waals surface area contributed by atoms with Crippen molar-refractivity contribution >= 4 is 17.4 Å². The molecule has 0 aliphatic heterocycles. The van der Waals surface area contributed by atoms with E-state index in [1.165, 1.54) is 26.3 Å². The van der Waals surface area contributed by atoms with Crippen molar-refractivity contribution in [3.63, 3.8) is 0 Å². The summed E-state index contributed by atoms with van der Waals surface area (Å²) in [5, 5.41) is 14.1. The van der Waals surface area contributed by atoms with Crippen molar-refractivity contribution in [2.24, 2.45) is 0 Å². The van der Waals surface area contributed by atoms with Crippen molar-refractivity contribution in [1.82, 2.24) is 5.06 Å². The van der Waals surface area contributed by atoms with Crippen LogP contribution in [0.25, 0.3) is 0 Å². The van der Waals surface area contributed by atoms with Gasteiger partial charge in [0.25, 0.3) is 5.69 Å². The average Bonchev–Trinajstić information content (AvgIpc) is 2.30. The number of benzene rings is 1. The number of carbonyl (C=O) groups is 1. The molecule has 7 nitrogen and oxygen atoms in total. The predicted octanol–water partition coefficient (Wildman–Crippen LogP) is 1.93. The normalized spacial score (nSPS) is 9.82. The number of hydrogen-bond donors (Lipinski definition) is 1. The summed E-state index contributed by atoms with van der Waals surface area (Å²) in [6, 6.07) is 3.75. The highest BCUT2D eigenvalue weighted by atomic mass is 16.7. The molecule has 7 heteroatoms. The van der Waals surface area contributed by atoms with Crippen LogP contribution >= 0.6 is 0 Å². The third-order valence-corrected chi connectivity index (χ3v) is 2.23. The van der Waals surface area contributed by atoms with Gasteiger partial charge in [0.2, 0.25) is 0 Å². The van der Waals surface area contributed by atoms with Crippen LogP contribution in [0.3, 0.4) is 0 Å². The monoisotopic (exact) mass is 239 g/mol. The summed E-state index contributed by atoms with van der Waals surface area (Å²) in [6.07, 6.45) is 0. The van der Waals surface area contributed by atoms with E-state index in [2.05, 4.69) is 10.2 Å². The number of amides is 2. The van der Waals surface area contributed by atoms with Gasteiger partial charge >= 0.3 is 6.03 Å². The quantitative estimate of drug-likeness (QED) is 0.645. The first-order valence-electron chi connectivity index (χ1n) is 4.79. The van der Waals surface area contributed by atoms with Crippen LogP contribution in [0, 0.1) is 17.0 Å². The standard InChI is InChI=1S/C10H13N3O4/c1-7-4-5-8(13(15)16)6-9(7)11-10(14)12(2)17-3/h4-6H,1-3H3,(H,11,14). The number of rotatable bonds is 3. The van der Waals surface area contributed by atoms with Crippen molar-refractivity contribution in [2.45, 2.75) is 6.92 Å². The van der Waals surface area contributed by atoms with Gasteiger partial charge in [-0.1, -0.05) is 6.07 Å². The third kappa shape index (κ3) is 3.15. The van der Waals surface area contributed by atoms with Gasteiger partial charge in [0.05, 0.1) is 17.7 Å². The Kier molecular flexibility index (Phi) is 4.00. The third-order valence-electron chi connectivity index (χ3n) is 2.23. The van der Waals surface area contributed by atoms with Crippen LogP contribution in [-0.4, -0.2) is 30.2 Å². The Morgan fingerprint density at radius 3 is 2.71 bits per heavy atom. The Balaban J connectivity index is 2.94. The van der Waals surface area contributed by atoms with Crippen LogP contribution in [0.2, 0.25) is 0 Å². The highest BCUT2D eigenvalue weighted by Gasteiger charge is 2.13. The second-order valence-electron chi connectivity index (χ2n) is 3.37. The van der Waals surface area contributed by atoms with Crippen LogP contribution in [0.1, 0.15) is 5.56 Å². The van der Waals surface area contributed by atoms with Gasteiger partial charge in [-0.2, -0.15) is 0 Å². The number of nitrogens with zero attached hydrogens (tertiary/aromatic N) is 2. The zero-order valence-electron chi connectivity index (χ0n) is 9.76. The van der Waals surface area contributed by atoms with Crippen LogP contribution in [0.5, 0.6) is 0 Å². The molecule has 17 heavy (non-hydrogen) atoms. The molecule has 0 bridgehead atoms. The van der Waals surface area contributed by atoms with E-state index in [4.69, 9.17) is 0 Å². The summed E-state index contributed by atoms with van der Waals surface area (Å²) in [7, 11) is 2.78. The zero-order chi connectivity index (χ0) is 13.0. The molecule has 0 fully saturated rings. The van der Waals surface area contributed by atoms with E-state index in [1.807, 2.05) is 0 Å². The lowest BCUT2D eigenvalue weighted by atomic mass is 10.2. The number of aryl methyl sites for hydroxylation is 1. The molecular formula is C10H13N3O4. The van der Waals surface area contributed by atoms with Gasteiger partial charge < -0.3 is 5.32 Å². The van der Waals surface area contributed by atoms with Crippen LogP contribution in [0.15, 0.2) is 18.2 Å². The fourth-order valence-electron chi connectivity index (χ4n) is 1.14. The topological polar surface area (TPSA) is 84.7 Å². The van der Waals surface area contributed by atoms with Crippen molar-refractivity contribution in [2.75, 3.05) is 19.5 Å². The second kappa shape index (κ2) is 5.26. The molecule has 2 amide bonds. The second-order valence-corrected chi connectivity index (χ2v) is 3.37. The molecule has 1 aromatic rings. The van der Waals surface area contributed by atoms with Crippen molar-refractivity contribution in [3.05, 3.63) is 33.9 Å². The molecule has 0 radical (unpaired) electrons. The Hall–Kier alpha value is -2.15. The number of nitrogens with one attached hydrogen (secondary N) is 1.